The number of rotatable bonds is 2. The molecule has 0 aliphatic rings. The summed E-state index contributed by atoms with van der Waals surface area (Å²) < 4.78 is 16.0. The molecule has 4 heteroatoms. The molecule has 0 spiro atoms. The zero-order valence-corrected chi connectivity index (χ0v) is 12.1. The Balaban J connectivity index is 2.39. The number of hydrogen-bond donors (Lipinski definition) is 0. The average molecular weight is 289 g/mol. The van der Waals surface area contributed by atoms with Crippen LogP contribution in [-0.2, 0) is 5.88 Å². The van der Waals surface area contributed by atoms with E-state index in [1.165, 1.54) is 6.07 Å². The molecule has 3 rings (SSSR count). The first-order valence-electron chi connectivity index (χ1n) is 6.40. The van der Waals surface area contributed by atoms with Gasteiger partial charge in [-0.25, -0.2) is 9.37 Å². The predicted octanol–water partition coefficient (Wildman–Crippen LogP) is 4.52. The van der Waals surface area contributed by atoms with E-state index >= 15 is 0 Å². The molecule has 2 nitrogen and oxygen atoms in total. The summed E-state index contributed by atoms with van der Waals surface area (Å²) in [4.78, 5) is 4.48. The van der Waals surface area contributed by atoms with E-state index in [1.807, 2.05) is 38.1 Å². The van der Waals surface area contributed by atoms with Crippen LogP contribution in [0.25, 0.3) is 16.7 Å². The van der Waals surface area contributed by atoms with Gasteiger partial charge in [-0.05, 0) is 49.2 Å². The molecule has 2 aromatic carbocycles. The zero-order chi connectivity index (χ0) is 14.3. The van der Waals surface area contributed by atoms with Crippen LogP contribution in [0.3, 0.4) is 0 Å². The third kappa shape index (κ3) is 2.08. The normalized spacial score (nSPS) is 11.2. The van der Waals surface area contributed by atoms with Gasteiger partial charge in [0.2, 0.25) is 0 Å². The van der Waals surface area contributed by atoms with Gasteiger partial charge in [-0.15, -0.1) is 11.6 Å². The van der Waals surface area contributed by atoms with Crippen molar-refractivity contribution in [2.45, 2.75) is 19.7 Å². The first kappa shape index (κ1) is 13.1. The van der Waals surface area contributed by atoms with Crippen LogP contribution in [-0.4, -0.2) is 9.55 Å². The maximum absolute atomic E-state index is 14.2. The van der Waals surface area contributed by atoms with Crippen LogP contribution < -0.4 is 0 Å². The van der Waals surface area contributed by atoms with Gasteiger partial charge in [0.1, 0.15) is 11.6 Å². The Morgan fingerprint density at radius 2 is 1.80 bits per heavy atom. The number of aryl methyl sites for hydroxylation is 2. The molecule has 0 atom stereocenters. The Morgan fingerprint density at radius 1 is 1.10 bits per heavy atom. The molecule has 1 heterocycles. The quantitative estimate of drug-likeness (QED) is 0.634. The largest absolute Gasteiger partial charge is 0.292 e. The third-order valence-corrected chi connectivity index (χ3v) is 3.58. The van der Waals surface area contributed by atoms with Crippen molar-refractivity contribution in [2.24, 2.45) is 0 Å². The molecule has 20 heavy (non-hydrogen) atoms. The van der Waals surface area contributed by atoms with E-state index in [9.17, 15) is 4.39 Å². The first-order chi connectivity index (χ1) is 9.60. The van der Waals surface area contributed by atoms with Crippen LogP contribution in [0.15, 0.2) is 36.4 Å². The predicted molar refractivity (Wildman–Crippen MR) is 80.1 cm³/mol. The van der Waals surface area contributed by atoms with Gasteiger partial charge in [-0.3, -0.25) is 4.57 Å². The summed E-state index contributed by atoms with van der Waals surface area (Å²) in [5, 5.41) is 0. The molecule has 0 bridgehead atoms. The smallest absolute Gasteiger partial charge is 0.147 e. The number of imidazole rings is 1. The van der Waals surface area contributed by atoms with Gasteiger partial charge < -0.3 is 0 Å². The fraction of sp³-hybridized carbons (Fsp3) is 0.188. The minimum Gasteiger partial charge on any atom is -0.292 e. The van der Waals surface area contributed by atoms with E-state index in [2.05, 4.69) is 4.98 Å². The van der Waals surface area contributed by atoms with E-state index in [0.717, 1.165) is 22.2 Å². The molecule has 0 fully saturated rings. The molecule has 102 valence electrons. The number of fused-ring (bicyclic) bond motifs is 1. The topological polar surface area (TPSA) is 17.8 Å². The van der Waals surface area contributed by atoms with Gasteiger partial charge in [0.25, 0.3) is 0 Å². The van der Waals surface area contributed by atoms with Crippen LogP contribution in [0, 0.1) is 19.7 Å². The molecule has 1 aromatic heterocycles. The van der Waals surface area contributed by atoms with Crippen molar-refractivity contribution in [1.29, 1.82) is 0 Å². The Morgan fingerprint density at radius 3 is 2.55 bits per heavy atom. The molecule has 0 saturated carbocycles. The van der Waals surface area contributed by atoms with E-state index in [-0.39, 0.29) is 11.7 Å². The lowest BCUT2D eigenvalue weighted by Crippen LogP contribution is -2.02. The fourth-order valence-corrected chi connectivity index (χ4v) is 2.57. The van der Waals surface area contributed by atoms with Crippen LogP contribution in [0.2, 0.25) is 0 Å². The number of aromatic nitrogens is 2. The van der Waals surface area contributed by atoms with Crippen molar-refractivity contribution < 1.29 is 4.39 Å². The number of halogens is 2. The van der Waals surface area contributed by atoms with Gasteiger partial charge in [-0.2, -0.15) is 0 Å². The zero-order valence-electron chi connectivity index (χ0n) is 11.3. The molecular formula is C16H14ClFN2. The lowest BCUT2D eigenvalue weighted by atomic mass is 10.2. The summed E-state index contributed by atoms with van der Waals surface area (Å²) in [7, 11) is 0. The summed E-state index contributed by atoms with van der Waals surface area (Å²) in [5.41, 5.74) is 4.30. The second-order valence-corrected chi connectivity index (χ2v) is 5.21. The molecule has 0 radical (unpaired) electrons. The highest BCUT2D eigenvalue weighted by Gasteiger charge is 2.15. The van der Waals surface area contributed by atoms with E-state index < -0.39 is 0 Å². The van der Waals surface area contributed by atoms with Gasteiger partial charge in [0.15, 0.2) is 0 Å². The van der Waals surface area contributed by atoms with Crippen molar-refractivity contribution in [2.75, 3.05) is 0 Å². The number of alkyl halides is 1. The molecule has 0 amide bonds. The summed E-state index contributed by atoms with van der Waals surface area (Å²) in [6.45, 7) is 3.94. The highest BCUT2D eigenvalue weighted by atomic mass is 35.5. The van der Waals surface area contributed by atoms with Crippen molar-refractivity contribution in [3.8, 4) is 5.69 Å². The Kier molecular flexibility index (Phi) is 3.22. The Hall–Kier alpha value is -1.87. The van der Waals surface area contributed by atoms with E-state index in [4.69, 9.17) is 11.6 Å². The Bertz CT molecular complexity index is 793. The van der Waals surface area contributed by atoms with Crippen LogP contribution >= 0.6 is 11.6 Å². The van der Waals surface area contributed by atoms with Crippen LogP contribution in [0.5, 0.6) is 0 Å². The molecule has 0 aliphatic carbocycles. The van der Waals surface area contributed by atoms with E-state index in [1.54, 1.807) is 10.6 Å². The standard InChI is InChI=1S/C16H14ClFN2/c1-10-3-5-12(18)14(7-10)20-15-8-11(2)4-6-13(15)19-16(20)9-17/h3-8H,9H2,1-2H3. The molecule has 0 aliphatic heterocycles. The molecule has 3 aromatic rings. The van der Waals surface area contributed by atoms with Crippen molar-refractivity contribution in [3.05, 3.63) is 59.2 Å². The van der Waals surface area contributed by atoms with Gasteiger partial charge in [-0.1, -0.05) is 12.1 Å². The minimum atomic E-state index is -0.275. The number of hydrogen-bond acceptors (Lipinski definition) is 1. The number of benzene rings is 2. The Labute approximate surface area is 121 Å². The SMILES string of the molecule is Cc1ccc(F)c(-n2c(CCl)nc3ccc(C)cc32)c1. The number of nitrogens with zero attached hydrogens (tertiary/aromatic N) is 2. The average Bonchev–Trinajstić information content (AvgIpc) is 2.79. The van der Waals surface area contributed by atoms with Crippen molar-refractivity contribution in [1.82, 2.24) is 9.55 Å². The van der Waals surface area contributed by atoms with E-state index in [0.29, 0.717) is 11.5 Å². The minimum absolute atomic E-state index is 0.237. The third-order valence-electron chi connectivity index (χ3n) is 3.34. The lowest BCUT2D eigenvalue weighted by Gasteiger charge is -2.10. The van der Waals surface area contributed by atoms with Gasteiger partial charge in [0, 0.05) is 0 Å². The lowest BCUT2D eigenvalue weighted by molar-refractivity contribution is 0.617. The summed E-state index contributed by atoms with van der Waals surface area (Å²) in [6, 6.07) is 11.0. The summed E-state index contributed by atoms with van der Waals surface area (Å²) in [5.74, 6) is 0.612. The molecule has 0 saturated heterocycles. The van der Waals surface area contributed by atoms with Crippen molar-refractivity contribution in [3.63, 3.8) is 0 Å². The van der Waals surface area contributed by atoms with Crippen LogP contribution in [0.4, 0.5) is 4.39 Å². The first-order valence-corrected chi connectivity index (χ1v) is 6.94. The van der Waals surface area contributed by atoms with Crippen LogP contribution in [0.1, 0.15) is 17.0 Å². The highest BCUT2D eigenvalue weighted by molar-refractivity contribution is 6.17. The fourth-order valence-electron chi connectivity index (χ4n) is 2.39. The maximum atomic E-state index is 14.2. The van der Waals surface area contributed by atoms with Crippen molar-refractivity contribution >= 4 is 22.6 Å². The monoisotopic (exact) mass is 288 g/mol. The van der Waals surface area contributed by atoms with Gasteiger partial charge in [0.05, 0.1) is 22.6 Å². The summed E-state index contributed by atoms with van der Waals surface area (Å²) >= 11 is 5.98. The highest BCUT2D eigenvalue weighted by Crippen LogP contribution is 2.26. The summed E-state index contributed by atoms with van der Waals surface area (Å²) in [6.07, 6.45) is 0. The second-order valence-electron chi connectivity index (χ2n) is 4.94. The van der Waals surface area contributed by atoms with Gasteiger partial charge >= 0.3 is 0 Å². The molecule has 0 N–H and O–H groups in total. The molecular weight excluding hydrogens is 275 g/mol. The second kappa shape index (κ2) is 4.91. The molecule has 0 unspecified atom stereocenters. The maximum Gasteiger partial charge on any atom is 0.147 e.